The number of fused-ring (bicyclic) bond motifs is 1. The average Bonchev–Trinajstić information content (AvgIpc) is 2.39. The minimum Gasteiger partial charge on any atom is -0.463 e. The van der Waals surface area contributed by atoms with Crippen LogP contribution < -0.4 is 0 Å². The first-order valence-corrected chi connectivity index (χ1v) is 7.10. The van der Waals surface area contributed by atoms with Gasteiger partial charge in [0.05, 0.1) is 6.61 Å². The van der Waals surface area contributed by atoms with Gasteiger partial charge in [0, 0.05) is 6.08 Å². The van der Waals surface area contributed by atoms with Crippen molar-refractivity contribution in [3.63, 3.8) is 0 Å². The Hall–Kier alpha value is -0.790. The summed E-state index contributed by atoms with van der Waals surface area (Å²) in [5.41, 5.74) is 0. The number of hydrogen-bond donors (Lipinski definition) is 0. The van der Waals surface area contributed by atoms with E-state index in [0.29, 0.717) is 6.61 Å². The zero-order valence-electron chi connectivity index (χ0n) is 10.7. The van der Waals surface area contributed by atoms with Gasteiger partial charge in [-0.2, -0.15) is 0 Å². The SMILES string of the molecule is C=CC(=O)OCCC1CCCC2CCCCC21. The average molecular weight is 236 g/mol. The van der Waals surface area contributed by atoms with Gasteiger partial charge >= 0.3 is 5.97 Å². The van der Waals surface area contributed by atoms with Crippen molar-refractivity contribution in [1.82, 2.24) is 0 Å². The summed E-state index contributed by atoms with van der Waals surface area (Å²) in [5.74, 6) is 2.41. The summed E-state index contributed by atoms with van der Waals surface area (Å²) < 4.78 is 5.12. The molecule has 3 unspecified atom stereocenters. The molecule has 0 aliphatic heterocycles. The Bertz CT molecular complexity index is 270. The minimum atomic E-state index is -0.277. The molecule has 0 bridgehead atoms. The molecule has 0 aromatic heterocycles. The highest BCUT2D eigenvalue weighted by Crippen LogP contribution is 2.44. The van der Waals surface area contributed by atoms with Crippen LogP contribution in [0.25, 0.3) is 0 Å². The molecule has 17 heavy (non-hydrogen) atoms. The summed E-state index contributed by atoms with van der Waals surface area (Å²) in [4.78, 5) is 11.0. The lowest BCUT2D eigenvalue weighted by atomic mass is 9.65. The predicted molar refractivity (Wildman–Crippen MR) is 68.6 cm³/mol. The van der Waals surface area contributed by atoms with Crippen LogP contribution in [0.15, 0.2) is 12.7 Å². The number of esters is 1. The first-order valence-electron chi connectivity index (χ1n) is 7.10. The largest absolute Gasteiger partial charge is 0.463 e. The molecule has 2 heteroatoms. The molecule has 0 aromatic rings. The van der Waals surface area contributed by atoms with Crippen molar-refractivity contribution in [2.24, 2.45) is 17.8 Å². The Morgan fingerprint density at radius 3 is 2.76 bits per heavy atom. The Kier molecular flexibility index (Phi) is 4.64. The van der Waals surface area contributed by atoms with Gasteiger partial charge in [-0.25, -0.2) is 4.79 Å². The van der Waals surface area contributed by atoms with Crippen molar-refractivity contribution < 1.29 is 9.53 Å². The normalized spacial score (nSPS) is 32.6. The van der Waals surface area contributed by atoms with Crippen LogP contribution in [0.3, 0.4) is 0 Å². The predicted octanol–water partition coefficient (Wildman–Crippen LogP) is 3.71. The molecule has 2 aliphatic carbocycles. The molecule has 0 spiro atoms. The van der Waals surface area contributed by atoms with E-state index in [1.807, 2.05) is 0 Å². The Balaban J connectivity index is 1.78. The van der Waals surface area contributed by atoms with Crippen molar-refractivity contribution in [1.29, 1.82) is 0 Å². The number of carbonyl (C=O) groups excluding carboxylic acids is 1. The lowest BCUT2D eigenvalue weighted by Gasteiger charge is -2.41. The van der Waals surface area contributed by atoms with Crippen LogP contribution in [-0.2, 0) is 9.53 Å². The minimum absolute atomic E-state index is 0.277. The molecular weight excluding hydrogens is 212 g/mol. The van der Waals surface area contributed by atoms with Crippen LogP contribution in [-0.4, -0.2) is 12.6 Å². The molecule has 2 rings (SSSR count). The van der Waals surface area contributed by atoms with Crippen LogP contribution in [0.5, 0.6) is 0 Å². The first-order chi connectivity index (χ1) is 8.31. The van der Waals surface area contributed by atoms with E-state index in [4.69, 9.17) is 4.74 Å². The zero-order valence-corrected chi connectivity index (χ0v) is 10.7. The number of carbonyl (C=O) groups is 1. The summed E-state index contributed by atoms with van der Waals surface area (Å²) >= 11 is 0. The van der Waals surface area contributed by atoms with Gasteiger partial charge in [0.1, 0.15) is 0 Å². The van der Waals surface area contributed by atoms with Gasteiger partial charge in [0.25, 0.3) is 0 Å². The van der Waals surface area contributed by atoms with Crippen LogP contribution >= 0.6 is 0 Å². The summed E-state index contributed by atoms with van der Waals surface area (Å²) in [6, 6.07) is 0. The number of ether oxygens (including phenoxy) is 1. The first kappa shape index (κ1) is 12.7. The van der Waals surface area contributed by atoms with E-state index in [0.717, 1.165) is 24.2 Å². The van der Waals surface area contributed by atoms with E-state index in [-0.39, 0.29) is 5.97 Å². The highest BCUT2D eigenvalue weighted by atomic mass is 16.5. The highest BCUT2D eigenvalue weighted by molar-refractivity contribution is 5.81. The van der Waals surface area contributed by atoms with Gasteiger partial charge in [0.15, 0.2) is 0 Å². The van der Waals surface area contributed by atoms with E-state index in [1.54, 1.807) is 0 Å². The molecule has 3 atom stereocenters. The van der Waals surface area contributed by atoms with Crippen molar-refractivity contribution in [3.8, 4) is 0 Å². The third-order valence-corrected chi connectivity index (χ3v) is 4.62. The van der Waals surface area contributed by atoms with Crippen molar-refractivity contribution in [3.05, 3.63) is 12.7 Å². The van der Waals surface area contributed by atoms with Crippen molar-refractivity contribution in [2.75, 3.05) is 6.61 Å². The van der Waals surface area contributed by atoms with E-state index < -0.39 is 0 Å². The molecule has 2 fully saturated rings. The Morgan fingerprint density at radius 2 is 1.94 bits per heavy atom. The number of hydrogen-bond acceptors (Lipinski definition) is 2. The monoisotopic (exact) mass is 236 g/mol. The van der Waals surface area contributed by atoms with Gasteiger partial charge in [-0.05, 0) is 30.6 Å². The maximum Gasteiger partial charge on any atom is 0.330 e. The third-order valence-electron chi connectivity index (χ3n) is 4.62. The zero-order chi connectivity index (χ0) is 12.1. The molecular formula is C15H24O2. The fraction of sp³-hybridized carbons (Fsp3) is 0.800. The maximum atomic E-state index is 11.0. The highest BCUT2D eigenvalue weighted by Gasteiger charge is 2.34. The molecule has 0 aromatic carbocycles. The molecule has 0 heterocycles. The van der Waals surface area contributed by atoms with E-state index >= 15 is 0 Å². The van der Waals surface area contributed by atoms with Gasteiger partial charge in [-0.3, -0.25) is 0 Å². The van der Waals surface area contributed by atoms with Crippen molar-refractivity contribution >= 4 is 5.97 Å². The Labute approximate surface area is 104 Å². The fourth-order valence-electron chi connectivity index (χ4n) is 3.80. The van der Waals surface area contributed by atoms with E-state index in [2.05, 4.69) is 6.58 Å². The topological polar surface area (TPSA) is 26.3 Å². The van der Waals surface area contributed by atoms with E-state index in [1.165, 1.54) is 51.0 Å². The molecule has 0 amide bonds. The molecule has 96 valence electrons. The quantitative estimate of drug-likeness (QED) is 0.549. The van der Waals surface area contributed by atoms with Gasteiger partial charge in [-0.1, -0.05) is 45.1 Å². The molecule has 2 saturated carbocycles. The molecule has 0 radical (unpaired) electrons. The van der Waals surface area contributed by atoms with E-state index in [9.17, 15) is 4.79 Å². The summed E-state index contributed by atoms with van der Waals surface area (Å²) in [6.45, 7) is 4.00. The maximum absolute atomic E-state index is 11.0. The lowest BCUT2D eigenvalue weighted by Crippen LogP contribution is -2.31. The summed E-state index contributed by atoms with van der Waals surface area (Å²) in [7, 11) is 0. The van der Waals surface area contributed by atoms with Crippen LogP contribution in [0.2, 0.25) is 0 Å². The van der Waals surface area contributed by atoms with Crippen LogP contribution in [0, 0.1) is 17.8 Å². The second-order valence-corrected chi connectivity index (χ2v) is 5.56. The van der Waals surface area contributed by atoms with Crippen molar-refractivity contribution in [2.45, 2.75) is 51.4 Å². The van der Waals surface area contributed by atoms with Gasteiger partial charge in [-0.15, -0.1) is 0 Å². The molecule has 2 aliphatic rings. The summed E-state index contributed by atoms with van der Waals surface area (Å²) in [6.07, 6.45) is 12.1. The van der Waals surface area contributed by atoms with Crippen LogP contribution in [0.4, 0.5) is 0 Å². The second kappa shape index (κ2) is 6.23. The fourth-order valence-corrected chi connectivity index (χ4v) is 3.80. The Morgan fingerprint density at radius 1 is 1.18 bits per heavy atom. The lowest BCUT2D eigenvalue weighted by molar-refractivity contribution is -0.138. The summed E-state index contributed by atoms with van der Waals surface area (Å²) in [5, 5.41) is 0. The van der Waals surface area contributed by atoms with Gasteiger partial charge < -0.3 is 4.74 Å². The van der Waals surface area contributed by atoms with Gasteiger partial charge in [0.2, 0.25) is 0 Å². The third kappa shape index (κ3) is 3.34. The molecule has 0 N–H and O–H groups in total. The second-order valence-electron chi connectivity index (χ2n) is 5.56. The standard InChI is InChI=1S/C15H24O2/c1-2-15(16)17-11-10-13-8-5-7-12-6-3-4-9-14(12)13/h2,12-14H,1,3-11H2. The molecule has 2 nitrogen and oxygen atoms in total. The number of rotatable bonds is 4. The molecule has 0 saturated heterocycles. The smallest absolute Gasteiger partial charge is 0.330 e. The van der Waals surface area contributed by atoms with Crippen LogP contribution in [0.1, 0.15) is 51.4 Å².